The molecular formula is C14H20FNO. The molecule has 1 aliphatic rings. The van der Waals surface area contributed by atoms with Crippen molar-refractivity contribution in [2.75, 3.05) is 13.1 Å². The number of halogens is 1. The van der Waals surface area contributed by atoms with Gasteiger partial charge in [-0.15, -0.1) is 0 Å². The molecule has 1 saturated heterocycles. The highest BCUT2D eigenvalue weighted by Crippen LogP contribution is 2.33. The first-order chi connectivity index (χ1) is 8.11. The lowest BCUT2D eigenvalue weighted by atomic mass is 10.0. The molecule has 1 aromatic carbocycles. The largest absolute Gasteiger partial charge is 0.508 e. The van der Waals surface area contributed by atoms with Crippen LogP contribution in [0.15, 0.2) is 18.2 Å². The Morgan fingerprint density at radius 1 is 1.53 bits per heavy atom. The Kier molecular flexibility index (Phi) is 3.67. The summed E-state index contributed by atoms with van der Waals surface area (Å²) in [5.74, 6) is 0.655. The molecule has 1 fully saturated rings. The summed E-state index contributed by atoms with van der Waals surface area (Å²) in [6, 6.07) is 4.26. The van der Waals surface area contributed by atoms with Crippen LogP contribution in [0, 0.1) is 11.7 Å². The van der Waals surface area contributed by atoms with Gasteiger partial charge in [-0.1, -0.05) is 13.3 Å². The predicted molar refractivity (Wildman–Crippen MR) is 66.5 cm³/mol. The van der Waals surface area contributed by atoms with Crippen LogP contribution in [0.5, 0.6) is 5.75 Å². The number of benzene rings is 1. The first kappa shape index (κ1) is 12.4. The third-order valence-electron chi connectivity index (χ3n) is 3.88. The van der Waals surface area contributed by atoms with Gasteiger partial charge in [-0.05, 0) is 44.0 Å². The summed E-state index contributed by atoms with van der Waals surface area (Å²) < 4.78 is 13.2. The van der Waals surface area contributed by atoms with E-state index >= 15 is 0 Å². The number of hydrogen-bond donors (Lipinski definition) is 1. The second kappa shape index (κ2) is 5.05. The molecule has 2 rings (SSSR count). The zero-order valence-electron chi connectivity index (χ0n) is 10.5. The Labute approximate surface area is 102 Å². The van der Waals surface area contributed by atoms with E-state index < -0.39 is 0 Å². The normalized spacial score (nSPS) is 22.9. The van der Waals surface area contributed by atoms with E-state index in [-0.39, 0.29) is 17.6 Å². The summed E-state index contributed by atoms with van der Waals surface area (Å²) in [4.78, 5) is 2.32. The Bertz CT molecular complexity index is 394. The van der Waals surface area contributed by atoms with Crippen LogP contribution in [0.4, 0.5) is 4.39 Å². The Balaban J connectivity index is 2.14. The minimum Gasteiger partial charge on any atom is -0.508 e. The minimum atomic E-state index is -0.282. The van der Waals surface area contributed by atoms with Crippen molar-refractivity contribution in [3.05, 3.63) is 29.6 Å². The molecule has 0 aromatic heterocycles. The molecule has 2 unspecified atom stereocenters. The lowest BCUT2D eigenvalue weighted by Gasteiger charge is -2.25. The molecule has 0 bridgehead atoms. The van der Waals surface area contributed by atoms with E-state index in [1.54, 1.807) is 0 Å². The lowest BCUT2D eigenvalue weighted by molar-refractivity contribution is 0.246. The summed E-state index contributed by atoms with van der Waals surface area (Å²) in [7, 11) is 0. The second-order valence-electron chi connectivity index (χ2n) is 4.94. The van der Waals surface area contributed by atoms with Gasteiger partial charge in [0.25, 0.3) is 0 Å². The van der Waals surface area contributed by atoms with E-state index in [0.717, 1.165) is 19.0 Å². The molecule has 94 valence electrons. The average molecular weight is 237 g/mol. The number of phenols is 1. The Hall–Kier alpha value is -1.09. The molecule has 0 aliphatic carbocycles. The standard InChI is InChI=1S/C14H20FNO/c1-3-11-6-7-16(9-11)10(2)13-8-12(15)4-5-14(13)17/h4-5,8,10-11,17H,3,6-7,9H2,1-2H3. The van der Waals surface area contributed by atoms with Gasteiger partial charge in [0.05, 0.1) is 0 Å². The number of rotatable bonds is 3. The third-order valence-corrected chi connectivity index (χ3v) is 3.88. The van der Waals surface area contributed by atoms with Gasteiger partial charge in [0.15, 0.2) is 0 Å². The molecule has 2 atom stereocenters. The second-order valence-corrected chi connectivity index (χ2v) is 4.94. The maximum absolute atomic E-state index is 13.2. The zero-order valence-corrected chi connectivity index (χ0v) is 10.5. The van der Waals surface area contributed by atoms with Crippen molar-refractivity contribution in [3.8, 4) is 5.75 Å². The van der Waals surface area contributed by atoms with Crippen LogP contribution in [-0.2, 0) is 0 Å². The van der Waals surface area contributed by atoms with Crippen molar-refractivity contribution >= 4 is 0 Å². The molecule has 0 radical (unpaired) electrons. The molecule has 0 spiro atoms. The summed E-state index contributed by atoms with van der Waals surface area (Å²) in [5, 5.41) is 9.80. The van der Waals surface area contributed by atoms with Gasteiger partial charge in [0.2, 0.25) is 0 Å². The highest BCUT2D eigenvalue weighted by Gasteiger charge is 2.26. The van der Waals surface area contributed by atoms with E-state index in [4.69, 9.17) is 0 Å². The van der Waals surface area contributed by atoms with Crippen LogP contribution in [0.1, 0.15) is 38.3 Å². The number of nitrogens with zero attached hydrogens (tertiary/aromatic N) is 1. The number of likely N-dealkylation sites (tertiary alicyclic amines) is 1. The molecule has 1 heterocycles. The van der Waals surface area contributed by atoms with E-state index in [1.807, 2.05) is 6.92 Å². The van der Waals surface area contributed by atoms with Crippen LogP contribution < -0.4 is 0 Å². The fourth-order valence-corrected chi connectivity index (χ4v) is 2.60. The van der Waals surface area contributed by atoms with Crippen LogP contribution in [0.2, 0.25) is 0 Å². The third kappa shape index (κ3) is 2.60. The maximum Gasteiger partial charge on any atom is 0.123 e. The molecule has 0 amide bonds. The smallest absolute Gasteiger partial charge is 0.123 e. The van der Waals surface area contributed by atoms with Gasteiger partial charge < -0.3 is 5.11 Å². The summed E-state index contributed by atoms with van der Waals surface area (Å²) >= 11 is 0. The molecule has 2 nitrogen and oxygen atoms in total. The first-order valence-electron chi connectivity index (χ1n) is 6.34. The van der Waals surface area contributed by atoms with Crippen molar-refractivity contribution in [2.45, 2.75) is 32.7 Å². The molecular weight excluding hydrogens is 217 g/mol. The molecule has 17 heavy (non-hydrogen) atoms. The van der Waals surface area contributed by atoms with E-state index in [2.05, 4.69) is 11.8 Å². The summed E-state index contributed by atoms with van der Waals surface area (Å²) in [6.45, 7) is 6.33. The fraction of sp³-hybridized carbons (Fsp3) is 0.571. The van der Waals surface area contributed by atoms with E-state index in [9.17, 15) is 9.50 Å². The van der Waals surface area contributed by atoms with Crippen molar-refractivity contribution in [1.82, 2.24) is 4.90 Å². The van der Waals surface area contributed by atoms with Gasteiger partial charge in [0.1, 0.15) is 11.6 Å². The average Bonchev–Trinajstić information content (AvgIpc) is 2.80. The van der Waals surface area contributed by atoms with E-state index in [1.165, 1.54) is 31.0 Å². The van der Waals surface area contributed by atoms with Crippen molar-refractivity contribution < 1.29 is 9.50 Å². The summed E-state index contributed by atoms with van der Waals surface area (Å²) in [5.41, 5.74) is 0.696. The van der Waals surface area contributed by atoms with Gasteiger partial charge in [-0.2, -0.15) is 0 Å². The Morgan fingerprint density at radius 3 is 2.94 bits per heavy atom. The van der Waals surface area contributed by atoms with Crippen molar-refractivity contribution in [3.63, 3.8) is 0 Å². The Morgan fingerprint density at radius 2 is 2.29 bits per heavy atom. The molecule has 1 N–H and O–H groups in total. The number of phenolic OH excluding ortho intramolecular Hbond substituents is 1. The van der Waals surface area contributed by atoms with Gasteiger partial charge in [-0.3, -0.25) is 4.90 Å². The topological polar surface area (TPSA) is 23.5 Å². The van der Waals surface area contributed by atoms with Crippen LogP contribution in [-0.4, -0.2) is 23.1 Å². The molecule has 3 heteroatoms. The van der Waals surface area contributed by atoms with Crippen LogP contribution in [0.3, 0.4) is 0 Å². The first-order valence-corrected chi connectivity index (χ1v) is 6.34. The monoisotopic (exact) mass is 237 g/mol. The zero-order chi connectivity index (χ0) is 12.4. The number of aromatic hydroxyl groups is 1. The van der Waals surface area contributed by atoms with Crippen LogP contribution >= 0.6 is 0 Å². The van der Waals surface area contributed by atoms with Gasteiger partial charge in [-0.25, -0.2) is 4.39 Å². The highest BCUT2D eigenvalue weighted by molar-refractivity contribution is 5.35. The lowest BCUT2D eigenvalue weighted by Crippen LogP contribution is -2.24. The minimum absolute atomic E-state index is 0.0854. The molecule has 1 aliphatic heterocycles. The SMILES string of the molecule is CCC1CCN(C(C)c2cc(F)ccc2O)C1. The number of hydrogen-bond acceptors (Lipinski definition) is 2. The van der Waals surface area contributed by atoms with Gasteiger partial charge in [0, 0.05) is 18.2 Å². The highest BCUT2D eigenvalue weighted by atomic mass is 19.1. The summed E-state index contributed by atoms with van der Waals surface area (Å²) in [6.07, 6.45) is 2.40. The van der Waals surface area contributed by atoms with Crippen molar-refractivity contribution in [2.24, 2.45) is 5.92 Å². The fourth-order valence-electron chi connectivity index (χ4n) is 2.60. The van der Waals surface area contributed by atoms with Crippen molar-refractivity contribution in [1.29, 1.82) is 0 Å². The molecule has 1 aromatic rings. The quantitative estimate of drug-likeness (QED) is 0.871. The van der Waals surface area contributed by atoms with Gasteiger partial charge >= 0.3 is 0 Å². The molecule has 0 saturated carbocycles. The van der Waals surface area contributed by atoms with E-state index in [0.29, 0.717) is 5.56 Å². The predicted octanol–water partition coefficient (Wildman–Crippen LogP) is 3.32. The van der Waals surface area contributed by atoms with Crippen LogP contribution in [0.25, 0.3) is 0 Å². The maximum atomic E-state index is 13.2.